The molecule has 2 nitrogen and oxygen atoms in total. The number of nitrogens with one attached hydrogen (secondary N) is 1. The third kappa shape index (κ3) is 5.07. The van der Waals surface area contributed by atoms with E-state index in [1.165, 1.54) is 5.56 Å². The molecule has 3 heteroatoms. The zero-order valence-electron chi connectivity index (χ0n) is 12.4. The third-order valence-electron chi connectivity index (χ3n) is 3.29. The van der Waals surface area contributed by atoms with Crippen LogP contribution in [0.3, 0.4) is 0 Å². The molecule has 1 aromatic carbocycles. The van der Waals surface area contributed by atoms with Crippen LogP contribution in [0.15, 0.2) is 30.3 Å². The van der Waals surface area contributed by atoms with E-state index in [1.807, 2.05) is 6.07 Å². The topological polar surface area (TPSA) is 29.1 Å². The van der Waals surface area contributed by atoms with Gasteiger partial charge in [0.25, 0.3) is 0 Å². The van der Waals surface area contributed by atoms with Crippen LogP contribution in [0.25, 0.3) is 0 Å². The Kier molecular flexibility index (Phi) is 7.99. The van der Waals surface area contributed by atoms with Gasteiger partial charge in [0, 0.05) is 22.6 Å². The SMILES string of the molecule is CCCNC(c1ccccc1)C(CC)S(=O)CCC. The second kappa shape index (κ2) is 9.27. The van der Waals surface area contributed by atoms with Crippen LogP contribution in [0.4, 0.5) is 0 Å². The highest BCUT2D eigenvalue weighted by atomic mass is 32.2. The summed E-state index contributed by atoms with van der Waals surface area (Å²) in [7, 11) is -0.754. The van der Waals surface area contributed by atoms with E-state index in [0.717, 1.165) is 31.6 Å². The van der Waals surface area contributed by atoms with E-state index < -0.39 is 10.8 Å². The molecular weight excluding hydrogens is 254 g/mol. The van der Waals surface area contributed by atoms with Crippen molar-refractivity contribution in [2.24, 2.45) is 0 Å². The van der Waals surface area contributed by atoms with Gasteiger partial charge in [-0.15, -0.1) is 0 Å². The Bertz CT molecular complexity index is 366. The van der Waals surface area contributed by atoms with E-state index in [4.69, 9.17) is 0 Å². The minimum atomic E-state index is -0.754. The van der Waals surface area contributed by atoms with Gasteiger partial charge in [-0.25, -0.2) is 0 Å². The average Bonchev–Trinajstić information content (AvgIpc) is 2.44. The first-order chi connectivity index (χ1) is 9.24. The first-order valence-electron chi connectivity index (χ1n) is 7.40. The molecule has 3 unspecified atom stereocenters. The van der Waals surface area contributed by atoms with Crippen LogP contribution >= 0.6 is 0 Å². The molecular formula is C16H27NOS. The van der Waals surface area contributed by atoms with Gasteiger partial charge in [0.2, 0.25) is 0 Å². The molecule has 1 rings (SSSR count). The normalized spacial score (nSPS) is 15.9. The minimum absolute atomic E-state index is 0.203. The fraction of sp³-hybridized carbons (Fsp3) is 0.625. The fourth-order valence-electron chi connectivity index (χ4n) is 2.35. The van der Waals surface area contributed by atoms with Crippen molar-refractivity contribution in [3.05, 3.63) is 35.9 Å². The lowest BCUT2D eigenvalue weighted by molar-refractivity contribution is 0.495. The maximum atomic E-state index is 12.4. The Morgan fingerprint density at radius 3 is 2.32 bits per heavy atom. The van der Waals surface area contributed by atoms with Gasteiger partial charge in [0.1, 0.15) is 0 Å². The van der Waals surface area contributed by atoms with Crippen molar-refractivity contribution in [2.75, 3.05) is 12.3 Å². The Morgan fingerprint density at radius 2 is 1.79 bits per heavy atom. The molecule has 108 valence electrons. The number of rotatable bonds is 9. The summed E-state index contributed by atoms with van der Waals surface area (Å²) in [6, 6.07) is 10.6. The molecule has 0 aliphatic heterocycles. The molecule has 0 amide bonds. The van der Waals surface area contributed by atoms with E-state index in [1.54, 1.807) is 0 Å². The Balaban J connectivity index is 2.90. The van der Waals surface area contributed by atoms with E-state index in [2.05, 4.69) is 50.4 Å². The van der Waals surface area contributed by atoms with E-state index in [-0.39, 0.29) is 11.3 Å². The van der Waals surface area contributed by atoms with Crippen molar-refractivity contribution in [1.82, 2.24) is 5.32 Å². The number of hydrogen-bond donors (Lipinski definition) is 1. The third-order valence-corrected chi connectivity index (χ3v) is 5.38. The molecule has 0 aliphatic carbocycles. The molecule has 0 spiro atoms. The van der Waals surface area contributed by atoms with Crippen LogP contribution in [0, 0.1) is 0 Å². The molecule has 1 N–H and O–H groups in total. The van der Waals surface area contributed by atoms with Gasteiger partial charge in [0.15, 0.2) is 0 Å². The zero-order chi connectivity index (χ0) is 14.1. The van der Waals surface area contributed by atoms with Crippen LogP contribution in [0.5, 0.6) is 0 Å². The Labute approximate surface area is 120 Å². The van der Waals surface area contributed by atoms with Crippen LogP contribution in [0.2, 0.25) is 0 Å². The molecule has 0 saturated carbocycles. The lowest BCUT2D eigenvalue weighted by Gasteiger charge is -2.27. The second-order valence-corrected chi connectivity index (χ2v) is 6.65. The smallest absolute Gasteiger partial charge is 0.0540 e. The quantitative estimate of drug-likeness (QED) is 0.748. The fourth-order valence-corrected chi connectivity index (χ4v) is 3.98. The van der Waals surface area contributed by atoms with Crippen LogP contribution in [-0.4, -0.2) is 21.8 Å². The summed E-state index contributed by atoms with van der Waals surface area (Å²) >= 11 is 0. The molecule has 0 bridgehead atoms. The van der Waals surface area contributed by atoms with E-state index in [9.17, 15) is 4.21 Å². The molecule has 1 aromatic rings. The van der Waals surface area contributed by atoms with Crippen molar-refractivity contribution in [2.45, 2.75) is 51.3 Å². The van der Waals surface area contributed by atoms with Gasteiger partial charge in [-0.3, -0.25) is 4.21 Å². The first-order valence-corrected chi connectivity index (χ1v) is 8.78. The van der Waals surface area contributed by atoms with E-state index in [0.29, 0.717) is 0 Å². The van der Waals surface area contributed by atoms with Crippen LogP contribution < -0.4 is 5.32 Å². The summed E-state index contributed by atoms with van der Waals surface area (Å²) in [6.07, 6.45) is 3.03. The zero-order valence-corrected chi connectivity index (χ0v) is 13.2. The maximum absolute atomic E-state index is 12.4. The van der Waals surface area contributed by atoms with Gasteiger partial charge in [-0.05, 0) is 31.4 Å². The van der Waals surface area contributed by atoms with Gasteiger partial charge < -0.3 is 5.32 Å². The molecule has 0 radical (unpaired) electrons. The van der Waals surface area contributed by atoms with Crippen molar-refractivity contribution in [1.29, 1.82) is 0 Å². The maximum Gasteiger partial charge on any atom is 0.0540 e. The van der Waals surface area contributed by atoms with Crippen molar-refractivity contribution >= 4 is 10.8 Å². The summed E-state index contributed by atoms with van der Waals surface area (Å²) in [5.41, 5.74) is 1.26. The van der Waals surface area contributed by atoms with Crippen molar-refractivity contribution in [3.63, 3.8) is 0 Å². The molecule has 0 aliphatic rings. The monoisotopic (exact) mass is 281 g/mol. The number of hydrogen-bond acceptors (Lipinski definition) is 2. The molecule has 0 aromatic heterocycles. The summed E-state index contributed by atoms with van der Waals surface area (Å²) in [5, 5.41) is 3.79. The first kappa shape index (κ1) is 16.4. The van der Waals surface area contributed by atoms with E-state index >= 15 is 0 Å². The number of benzene rings is 1. The molecule has 3 atom stereocenters. The summed E-state index contributed by atoms with van der Waals surface area (Å²) in [6.45, 7) is 7.38. The van der Waals surface area contributed by atoms with Crippen LogP contribution in [-0.2, 0) is 10.8 Å². The molecule has 0 saturated heterocycles. The summed E-state index contributed by atoms with van der Waals surface area (Å²) in [5.74, 6) is 0.801. The summed E-state index contributed by atoms with van der Waals surface area (Å²) < 4.78 is 12.4. The van der Waals surface area contributed by atoms with Gasteiger partial charge in [0.05, 0.1) is 5.25 Å². The lowest BCUT2D eigenvalue weighted by Crippen LogP contribution is -2.35. The second-order valence-electron chi connectivity index (χ2n) is 4.87. The standard InChI is InChI=1S/C16H27NOS/c1-4-12-17-16(14-10-8-7-9-11-14)15(6-3)19(18)13-5-2/h7-11,15-17H,4-6,12-13H2,1-3H3. The largest absolute Gasteiger partial charge is 0.309 e. The molecule has 0 fully saturated rings. The Hall–Kier alpha value is -0.670. The predicted octanol–water partition coefficient (Wildman–Crippen LogP) is 3.66. The Morgan fingerprint density at radius 1 is 1.11 bits per heavy atom. The summed E-state index contributed by atoms with van der Waals surface area (Å²) in [4.78, 5) is 0. The highest BCUT2D eigenvalue weighted by Gasteiger charge is 2.25. The lowest BCUT2D eigenvalue weighted by atomic mass is 10.0. The van der Waals surface area contributed by atoms with Crippen molar-refractivity contribution < 1.29 is 4.21 Å². The van der Waals surface area contributed by atoms with Crippen LogP contribution in [0.1, 0.15) is 51.6 Å². The highest BCUT2D eigenvalue weighted by molar-refractivity contribution is 7.85. The van der Waals surface area contributed by atoms with Gasteiger partial charge in [-0.2, -0.15) is 0 Å². The highest BCUT2D eigenvalue weighted by Crippen LogP contribution is 2.23. The molecule has 0 heterocycles. The predicted molar refractivity (Wildman–Crippen MR) is 84.9 cm³/mol. The van der Waals surface area contributed by atoms with Gasteiger partial charge >= 0.3 is 0 Å². The molecule has 19 heavy (non-hydrogen) atoms. The van der Waals surface area contributed by atoms with Gasteiger partial charge in [-0.1, -0.05) is 51.1 Å². The average molecular weight is 281 g/mol. The minimum Gasteiger partial charge on any atom is -0.309 e. The van der Waals surface area contributed by atoms with Crippen molar-refractivity contribution in [3.8, 4) is 0 Å².